The number of nitriles is 1. The van der Waals surface area contributed by atoms with Gasteiger partial charge in [0.25, 0.3) is 0 Å². The van der Waals surface area contributed by atoms with Crippen molar-refractivity contribution in [1.82, 2.24) is 10.2 Å². The number of benzene rings is 2. The van der Waals surface area contributed by atoms with Crippen LogP contribution in [-0.2, 0) is 11.3 Å². The van der Waals surface area contributed by atoms with Crippen LogP contribution in [0, 0.1) is 11.3 Å². The van der Waals surface area contributed by atoms with Crippen LogP contribution in [-0.4, -0.2) is 36.2 Å². The molecule has 0 atom stereocenters. The number of nitrogens with zero attached hydrogens (tertiary/aromatic N) is 4. The maximum Gasteiger partial charge on any atom is 0.159 e. The van der Waals surface area contributed by atoms with Crippen LogP contribution < -0.4 is 15.0 Å². The Bertz CT molecular complexity index is 1150. The summed E-state index contributed by atoms with van der Waals surface area (Å²) in [5, 5.41) is 23.7. The summed E-state index contributed by atoms with van der Waals surface area (Å²) in [7, 11) is 1.58. The number of fused-ring (bicyclic) bond motifs is 1. The van der Waals surface area contributed by atoms with Gasteiger partial charge in [0, 0.05) is 43.2 Å². The predicted octanol–water partition coefficient (Wildman–Crippen LogP) is 3.94. The van der Waals surface area contributed by atoms with Crippen molar-refractivity contribution in [2.24, 2.45) is 0 Å². The molecule has 0 unspecified atom stereocenters. The maximum atomic E-state index is 11.6. The van der Waals surface area contributed by atoms with E-state index in [1.165, 1.54) is 0 Å². The third-order valence-corrected chi connectivity index (χ3v) is 5.48. The molecule has 7 nitrogen and oxygen atoms in total. The van der Waals surface area contributed by atoms with Crippen molar-refractivity contribution in [2.75, 3.05) is 30.4 Å². The van der Waals surface area contributed by atoms with Gasteiger partial charge in [-0.25, -0.2) is 0 Å². The van der Waals surface area contributed by atoms with Crippen LogP contribution in [0.1, 0.15) is 24.0 Å². The highest BCUT2D eigenvalue weighted by atomic mass is 35.5. The Morgan fingerprint density at radius 2 is 1.97 bits per heavy atom. The third-order valence-electron chi connectivity index (χ3n) is 5.19. The molecular weight excluding hydrogens is 402 g/mol. The van der Waals surface area contributed by atoms with Gasteiger partial charge >= 0.3 is 0 Å². The minimum Gasteiger partial charge on any atom is -0.495 e. The van der Waals surface area contributed by atoms with Gasteiger partial charge < -0.3 is 15.0 Å². The van der Waals surface area contributed by atoms with Gasteiger partial charge in [-0.1, -0.05) is 17.7 Å². The van der Waals surface area contributed by atoms with Crippen molar-refractivity contribution in [1.29, 1.82) is 5.26 Å². The topological polar surface area (TPSA) is 91.1 Å². The fourth-order valence-corrected chi connectivity index (χ4v) is 3.83. The Labute approximate surface area is 179 Å². The smallest absolute Gasteiger partial charge is 0.159 e. The molecule has 152 valence electrons. The normalized spacial score (nSPS) is 13.9. The van der Waals surface area contributed by atoms with Crippen molar-refractivity contribution < 1.29 is 9.53 Å². The monoisotopic (exact) mass is 421 g/mol. The molecular formula is C22H20ClN5O2. The third kappa shape index (κ3) is 4.00. The SMILES string of the molecule is COc1ccc(CNc2nnc(N3CCC(=O)CC3)c3ccc(C#N)cc23)cc1Cl. The van der Waals surface area contributed by atoms with Crippen LogP contribution in [0.2, 0.25) is 5.02 Å². The lowest BCUT2D eigenvalue weighted by atomic mass is 10.1. The van der Waals surface area contributed by atoms with Crippen LogP contribution in [0.5, 0.6) is 5.75 Å². The fourth-order valence-electron chi connectivity index (χ4n) is 3.55. The number of Topliss-reactive ketones (excluding diaryl/α,β-unsaturated/α-hetero) is 1. The summed E-state index contributed by atoms with van der Waals surface area (Å²) >= 11 is 6.22. The number of halogens is 1. The number of rotatable bonds is 5. The van der Waals surface area contributed by atoms with Crippen molar-refractivity contribution in [3.8, 4) is 11.8 Å². The average Bonchev–Trinajstić information content (AvgIpc) is 2.77. The summed E-state index contributed by atoms with van der Waals surface area (Å²) in [6.07, 6.45) is 1.02. The molecule has 0 spiro atoms. The van der Waals surface area contributed by atoms with Crippen LogP contribution in [0.3, 0.4) is 0 Å². The molecule has 0 amide bonds. The Kier molecular flexibility index (Phi) is 5.68. The summed E-state index contributed by atoms with van der Waals surface area (Å²) in [4.78, 5) is 13.7. The number of carbonyl (C=O) groups excluding carboxylic acids is 1. The first-order chi connectivity index (χ1) is 14.6. The van der Waals surface area contributed by atoms with Crippen molar-refractivity contribution in [3.63, 3.8) is 0 Å². The van der Waals surface area contributed by atoms with Gasteiger partial charge in [-0.3, -0.25) is 4.79 Å². The molecule has 1 saturated heterocycles. The number of ketones is 1. The molecule has 2 heterocycles. The van der Waals surface area contributed by atoms with Gasteiger partial charge in [0.05, 0.1) is 23.8 Å². The summed E-state index contributed by atoms with van der Waals surface area (Å²) in [6, 6.07) is 13.2. The standard InChI is InChI=1S/C22H20ClN5O2/c1-30-20-5-3-15(11-19(20)23)13-25-21-18-10-14(12-24)2-4-17(18)22(27-26-21)28-8-6-16(29)7-9-28/h2-5,10-11H,6-9,13H2,1H3,(H,25,26). The molecule has 0 radical (unpaired) electrons. The molecule has 1 fully saturated rings. The molecule has 1 N–H and O–H groups in total. The maximum absolute atomic E-state index is 11.6. The number of anilines is 2. The molecule has 1 aromatic heterocycles. The van der Waals surface area contributed by atoms with Gasteiger partial charge in [0.1, 0.15) is 11.5 Å². The number of methoxy groups -OCH3 is 1. The van der Waals surface area contributed by atoms with Crippen LogP contribution in [0.4, 0.5) is 11.6 Å². The van der Waals surface area contributed by atoms with Crippen molar-refractivity contribution >= 4 is 39.8 Å². The molecule has 2 aromatic carbocycles. The highest BCUT2D eigenvalue weighted by molar-refractivity contribution is 6.32. The molecule has 8 heteroatoms. The average molecular weight is 422 g/mol. The van der Waals surface area contributed by atoms with E-state index >= 15 is 0 Å². The largest absolute Gasteiger partial charge is 0.495 e. The van der Waals surface area contributed by atoms with E-state index in [2.05, 4.69) is 26.5 Å². The number of aromatic nitrogens is 2. The number of ether oxygens (including phenoxy) is 1. The van der Waals surface area contributed by atoms with E-state index in [4.69, 9.17) is 16.3 Å². The van der Waals surface area contributed by atoms with Crippen LogP contribution in [0.15, 0.2) is 36.4 Å². The zero-order chi connectivity index (χ0) is 21.1. The number of nitrogens with one attached hydrogen (secondary N) is 1. The highest BCUT2D eigenvalue weighted by Gasteiger charge is 2.21. The molecule has 0 saturated carbocycles. The zero-order valence-electron chi connectivity index (χ0n) is 16.5. The lowest BCUT2D eigenvalue weighted by molar-refractivity contribution is -0.119. The number of carbonyl (C=O) groups is 1. The predicted molar refractivity (Wildman–Crippen MR) is 116 cm³/mol. The summed E-state index contributed by atoms with van der Waals surface area (Å²) in [6.45, 7) is 1.74. The quantitative estimate of drug-likeness (QED) is 0.666. The number of hydrogen-bond acceptors (Lipinski definition) is 7. The molecule has 1 aliphatic rings. The first-order valence-electron chi connectivity index (χ1n) is 9.62. The molecule has 0 aliphatic carbocycles. The Hall–Kier alpha value is -3.37. The molecule has 4 rings (SSSR count). The minimum absolute atomic E-state index is 0.270. The summed E-state index contributed by atoms with van der Waals surface area (Å²) in [5.74, 6) is 2.21. The lowest BCUT2D eigenvalue weighted by Gasteiger charge is -2.28. The molecule has 3 aromatic rings. The molecule has 1 aliphatic heterocycles. The van der Waals surface area contributed by atoms with Gasteiger partial charge in [-0.15, -0.1) is 10.2 Å². The van der Waals surface area contributed by atoms with E-state index < -0.39 is 0 Å². The summed E-state index contributed by atoms with van der Waals surface area (Å²) in [5.41, 5.74) is 1.51. The van der Waals surface area contributed by atoms with E-state index in [1.807, 2.05) is 30.3 Å². The van der Waals surface area contributed by atoms with Gasteiger partial charge in [-0.2, -0.15) is 5.26 Å². The Morgan fingerprint density at radius 3 is 2.67 bits per heavy atom. The molecule has 0 bridgehead atoms. The van der Waals surface area contributed by atoms with Crippen molar-refractivity contribution in [2.45, 2.75) is 19.4 Å². The van der Waals surface area contributed by atoms with Crippen LogP contribution >= 0.6 is 11.6 Å². The fraction of sp³-hybridized carbons (Fsp3) is 0.273. The second kappa shape index (κ2) is 8.56. The Morgan fingerprint density at radius 1 is 1.17 bits per heavy atom. The van der Waals surface area contributed by atoms with Gasteiger partial charge in [0.15, 0.2) is 11.6 Å². The second-order valence-electron chi connectivity index (χ2n) is 7.09. The first-order valence-corrected chi connectivity index (χ1v) is 10.0. The number of piperidine rings is 1. The van der Waals surface area contributed by atoms with Crippen LogP contribution in [0.25, 0.3) is 10.8 Å². The second-order valence-corrected chi connectivity index (χ2v) is 7.50. The first kappa shape index (κ1) is 19.9. The number of hydrogen-bond donors (Lipinski definition) is 1. The van der Waals surface area contributed by atoms with E-state index in [9.17, 15) is 10.1 Å². The molecule has 30 heavy (non-hydrogen) atoms. The zero-order valence-corrected chi connectivity index (χ0v) is 17.2. The van der Waals surface area contributed by atoms with Gasteiger partial charge in [0.2, 0.25) is 0 Å². The highest BCUT2D eigenvalue weighted by Crippen LogP contribution is 2.31. The summed E-state index contributed by atoms with van der Waals surface area (Å²) < 4.78 is 5.19. The van der Waals surface area contributed by atoms with E-state index in [-0.39, 0.29) is 5.78 Å². The van der Waals surface area contributed by atoms with E-state index in [0.29, 0.717) is 54.6 Å². The lowest BCUT2D eigenvalue weighted by Crippen LogP contribution is -2.34. The van der Waals surface area contributed by atoms with Crippen molar-refractivity contribution in [3.05, 3.63) is 52.5 Å². The van der Waals surface area contributed by atoms with E-state index in [0.717, 1.165) is 22.2 Å². The Balaban J connectivity index is 1.66. The minimum atomic E-state index is 0.270. The van der Waals surface area contributed by atoms with Gasteiger partial charge in [-0.05, 0) is 35.9 Å². The van der Waals surface area contributed by atoms with E-state index in [1.54, 1.807) is 13.2 Å².